The lowest BCUT2D eigenvalue weighted by atomic mass is 9.51. The SMILES string of the molecule is Cc1cccc(C2C3=CCC4C(=O)N(CCC(=O)O)C(=O)C4C3CC3C(=O)N(c4cc(-c5sc6ccc(Cl)cc6c5C)nn4C)C(=O)C32C)c1O. The molecular formula is C38H35ClN4O7S. The minimum absolute atomic E-state index is 0.00455. The molecule has 2 saturated heterocycles. The van der Waals surface area contributed by atoms with Gasteiger partial charge >= 0.3 is 5.97 Å². The number of amides is 4. The Kier molecular flexibility index (Phi) is 7.59. The number of para-hydroxylation sites is 1. The number of halogens is 1. The molecule has 2 aliphatic carbocycles. The molecule has 1 saturated carbocycles. The Labute approximate surface area is 302 Å². The summed E-state index contributed by atoms with van der Waals surface area (Å²) in [5.41, 5.74) is 2.05. The first-order valence-electron chi connectivity index (χ1n) is 16.9. The van der Waals surface area contributed by atoms with Crippen LogP contribution in [0.5, 0.6) is 5.75 Å². The molecule has 4 aliphatic rings. The summed E-state index contributed by atoms with van der Waals surface area (Å²) in [5.74, 6) is -6.30. The topological polar surface area (TPSA) is 150 Å². The van der Waals surface area contributed by atoms with Crippen LogP contribution in [-0.2, 0) is 31.0 Å². The van der Waals surface area contributed by atoms with Crippen molar-refractivity contribution in [3.05, 3.63) is 75.8 Å². The Balaban J connectivity index is 1.24. The molecule has 4 heterocycles. The van der Waals surface area contributed by atoms with Gasteiger partial charge in [-0.1, -0.05) is 41.4 Å². The highest BCUT2D eigenvalue weighted by atomic mass is 35.5. The smallest absolute Gasteiger partial charge is 0.305 e. The molecule has 262 valence electrons. The molecule has 2 N–H and O–H groups in total. The van der Waals surface area contributed by atoms with Gasteiger partial charge in [0.15, 0.2) is 0 Å². The van der Waals surface area contributed by atoms with E-state index in [1.807, 2.05) is 31.2 Å². The summed E-state index contributed by atoms with van der Waals surface area (Å²) in [5, 5.41) is 27.1. The lowest BCUT2D eigenvalue weighted by Crippen LogP contribution is -2.49. The van der Waals surface area contributed by atoms with Crippen LogP contribution >= 0.6 is 22.9 Å². The van der Waals surface area contributed by atoms with Gasteiger partial charge in [0.05, 0.1) is 34.5 Å². The van der Waals surface area contributed by atoms with Gasteiger partial charge in [-0.3, -0.25) is 33.6 Å². The fraction of sp³-hybridized carbons (Fsp3) is 0.368. The van der Waals surface area contributed by atoms with Gasteiger partial charge in [-0.15, -0.1) is 11.3 Å². The second-order valence-corrected chi connectivity index (χ2v) is 15.8. The standard InChI is InChI=1S/C38H35ClN4O7S/c1-17-6-5-7-22(32(17)46)31-20-9-10-21-30(36(49)42(34(21)47)13-12-29(44)45)24(20)15-25-35(48)43(37(50)38(25,31)3)28-16-26(40-41(28)4)33-18(2)23-14-19(39)8-11-27(23)51-33/h5-9,11,14,16,21,24-25,30-31,46H,10,12-13,15H2,1-4H3,(H,44,45). The third-order valence-electron chi connectivity index (χ3n) is 11.7. The molecule has 13 heteroatoms. The van der Waals surface area contributed by atoms with Crippen LogP contribution in [-0.4, -0.2) is 61.0 Å². The Morgan fingerprint density at radius 1 is 1.06 bits per heavy atom. The van der Waals surface area contributed by atoms with Crippen molar-refractivity contribution in [2.24, 2.45) is 36.1 Å². The predicted molar refractivity (Wildman–Crippen MR) is 190 cm³/mol. The summed E-state index contributed by atoms with van der Waals surface area (Å²) in [6.45, 7) is 5.29. The molecule has 8 rings (SSSR count). The van der Waals surface area contributed by atoms with Crippen LogP contribution in [0.4, 0.5) is 5.82 Å². The number of rotatable bonds is 6. The quantitative estimate of drug-likeness (QED) is 0.182. The zero-order chi connectivity index (χ0) is 36.3. The number of thiophene rings is 1. The van der Waals surface area contributed by atoms with Crippen LogP contribution in [0.1, 0.15) is 48.8 Å². The van der Waals surface area contributed by atoms with Crippen LogP contribution < -0.4 is 4.90 Å². The van der Waals surface area contributed by atoms with E-state index in [4.69, 9.17) is 16.7 Å². The molecule has 6 atom stereocenters. The summed E-state index contributed by atoms with van der Waals surface area (Å²) in [7, 11) is 1.69. The molecule has 0 spiro atoms. The number of phenolic OH excluding ortho intramolecular Hbond substituents is 1. The lowest BCUT2D eigenvalue weighted by Gasteiger charge is -2.49. The molecule has 4 amide bonds. The number of anilines is 1. The zero-order valence-corrected chi connectivity index (χ0v) is 29.9. The number of aromatic hydroxyl groups is 1. The number of aryl methyl sites for hydroxylation is 3. The highest BCUT2D eigenvalue weighted by Crippen LogP contribution is 2.64. The Morgan fingerprint density at radius 3 is 2.57 bits per heavy atom. The van der Waals surface area contributed by atoms with Crippen LogP contribution in [0.15, 0.2) is 54.1 Å². The van der Waals surface area contributed by atoms with Crippen LogP contribution in [0, 0.1) is 42.9 Å². The van der Waals surface area contributed by atoms with Gasteiger partial charge in [0.1, 0.15) is 17.3 Å². The maximum absolute atomic E-state index is 15.0. The van der Waals surface area contributed by atoms with Gasteiger partial charge in [0.2, 0.25) is 23.6 Å². The largest absolute Gasteiger partial charge is 0.507 e. The second-order valence-electron chi connectivity index (χ2n) is 14.4. The molecular weight excluding hydrogens is 692 g/mol. The Bertz CT molecular complexity index is 2270. The first-order valence-corrected chi connectivity index (χ1v) is 18.1. The predicted octanol–water partition coefficient (Wildman–Crippen LogP) is 5.98. The monoisotopic (exact) mass is 726 g/mol. The molecule has 2 aromatic heterocycles. The van der Waals surface area contributed by atoms with Crippen molar-refractivity contribution >= 4 is 68.4 Å². The number of nitrogens with zero attached hydrogens (tertiary/aromatic N) is 4. The van der Waals surface area contributed by atoms with Crippen molar-refractivity contribution < 1.29 is 34.2 Å². The van der Waals surface area contributed by atoms with Gasteiger partial charge in [-0.25, -0.2) is 4.90 Å². The molecule has 51 heavy (non-hydrogen) atoms. The number of carbonyl (C=O) groups excluding carboxylic acids is 4. The van der Waals surface area contributed by atoms with Gasteiger partial charge < -0.3 is 10.2 Å². The molecule has 2 aromatic carbocycles. The number of aliphatic carboxylic acids is 1. The van der Waals surface area contributed by atoms with Crippen LogP contribution in [0.3, 0.4) is 0 Å². The highest BCUT2D eigenvalue weighted by Gasteiger charge is 2.68. The number of imide groups is 2. The minimum Gasteiger partial charge on any atom is -0.507 e. The molecule has 4 aromatic rings. The van der Waals surface area contributed by atoms with Crippen molar-refractivity contribution in [2.45, 2.75) is 46.0 Å². The van der Waals surface area contributed by atoms with Crippen molar-refractivity contribution in [1.82, 2.24) is 14.7 Å². The van der Waals surface area contributed by atoms with E-state index in [2.05, 4.69) is 0 Å². The van der Waals surface area contributed by atoms with Gasteiger partial charge in [0.25, 0.3) is 0 Å². The average Bonchev–Trinajstić information content (AvgIpc) is 3.75. The first kappa shape index (κ1) is 33.3. The van der Waals surface area contributed by atoms with Crippen molar-refractivity contribution in [3.63, 3.8) is 0 Å². The van der Waals surface area contributed by atoms with E-state index < -0.39 is 64.6 Å². The number of allylic oxidation sites excluding steroid dienone is 2. The zero-order valence-electron chi connectivity index (χ0n) is 28.3. The maximum Gasteiger partial charge on any atom is 0.305 e. The van der Waals surface area contributed by atoms with Gasteiger partial charge in [-0.05, 0) is 74.2 Å². The van der Waals surface area contributed by atoms with E-state index >= 15 is 0 Å². The normalized spacial score (nSPS) is 27.2. The van der Waals surface area contributed by atoms with Gasteiger partial charge in [-0.2, -0.15) is 5.10 Å². The third-order valence-corrected chi connectivity index (χ3v) is 13.2. The van der Waals surface area contributed by atoms with E-state index in [9.17, 15) is 34.2 Å². The summed E-state index contributed by atoms with van der Waals surface area (Å²) >= 11 is 7.83. The second kappa shape index (κ2) is 11.6. The molecule has 0 bridgehead atoms. The molecule has 11 nitrogen and oxygen atoms in total. The average molecular weight is 727 g/mol. The van der Waals surface area contributed by atoms with Crippen molar-refractivity contribution in [3.8, 4) is 16.3 Å². The number of carboxylic acids is 1. The summed E-state index contributed by atoms with van der Waals surface area (Å²) in [6, 6.07) is 12.7. The van der Waals surface area contributed by atoms with E-state index in [0.717, 1.165) is 31.0 Å². The maximum atomic E-state index is 15.0. The number of carboxylic acid groups (broad SMARTS) is 1. The number of phenols is 1. The minimum atomic E-state index is -1.35. The number of aromatic nitrogens is 2. The van der Waals surface area contributed by atoms with Gasteiger partial charge in [0, 0.05) is 40.9 Å². The molecule has 2 aliphatic heterocycles. The first-order chi connectivity index (χ1) is 24.2. The third kappa shape index (κ3) is 4.68. The highest BCUT2D eigenvalue weighted by molar-refractivity contribution is 7.22. The number of benzene rings is 2. The Morgan fingerprint density at radius 2 is 1.82 bits per heavy atom. The Hall–Kier alpha value is -4.81. The lowest BCUT2D eigenvalue weighted by molar-refractivity contribution is -0.142. The summed E-state index contributed by atoms with van der Waals surface area (Å²) in [6.07, 6.45) is 1.90. The molecule has 0 radical (unpaired) electrons. The van der Waals surface area contributed by atoms with E-state index in [-0.39, 0.29) is 31.6 Å². The number of carbonyl (C=O) groups is 5. The van der Waals surface area contributed by atoms with E-state index in [1.54, 1.807) is 56.5 Å². The molecule has 3 fully saturated rings. The van der Waals surface area contributed by atoms with E-state index in [1.165, 1.54) is 9.58 Å². The van der Waals surface area contributed by atoms with Crippen LogP contribution in [0.25, 0.3) is 20.7 Å². The van der Waals surface area contributed by atoms with Crippen LogP contribution in [0.2, 0.25) is 5.02 Å². The summed E-state index contributed by atoms with van der Waals surface area (Å²) < 4.78 is 2.56. The number of fused-ring (bicyclic) bond motifs is 5. The number of hydrogen-bond donors (Lipinski definition) is 2. The van der Waals surface area contributed by atoms with Crippen molar-refractivity contribution in [2.75, 3.05) is 11.4 Å². The van der Waals surface area contributed by atoms with E-state index in [0.29, 0.717) is 27.7 Å². The number of likely N-dealkylation sites (tertiary alicyclic amines) is 1. The fourth-order valence-electron chi connectivity index (χ4n) is 9.20. The fourth-order valence-corrected chi connectivity index (χ4v) is 10.5. The molecule has 6 unspecified atom stereocenters. The summed E-state index contributed by atoms with van der Waals surface area (Å²) in [4.78, 5) is 71.6. The number of hydrogen-bond acceptors (Lipinski definition) is 8. The van der Waals surface area contributed by atoms with Crippen molar-refractivity contribution in [1.29, 1.82) is 0 Å².